The molecule has 7 nitrogen and oxygen atoms in total. The van der Waals surface area contributed by atoms with Gasteiger partial charge in [-0.25, -0.2) is 4.68 Å². The minimum Gasteiger partial charge on any atom is -0.381 e. The van der Waals surface area contributed by atoms with Gasteiger partial charge in [0.15, 0.2) is 0 Å². The van der Waals surface area contributed by atoms with Gasteiger partial charge in [0.2, 0.25) is 0 Å². The van der Waals surface area contributed by atoms with Gasteiger partial charge in [0.05, 0.1) is 30.3 Å². The number of piperidine rings is 1. The first-order chi connectivity index (χ1) is 12.8. The number of nitrogens with zero attached hydrogens (tertiary/aromatic N) is 4. The summed E-state index contributed by atoms with van der Waals surface area (Å²) in [6.45, 7) is 4.99. The summed E-state index contributed by atoms with van der Waals surface area (Å²) in [7, 11) is 0. The van der Waals surface area contributed by atoms with Gasteiger partial charge in [-0.05, 0) is 37.3 Å². The van der Waals surface area contributed by atoms with Crippen molar-refractivity contribution in [3.05, 3.63) is 42.2 Å². The third-order valence-electron chi connectivity index (χ3n) is 5.28. The van der Waals surface area contributed by atoms with E-state index in [9.17, 15) is 4.79 Å². The smallest absolute Gasteiger partial charge is 0.253 e. The van der Waals surface area contributed by atoms with E-state index >= 15 is 0 Å². The SMILES string of the molecule is O=C(NC1CCN(CC2CCOC2)CC1)c1ccccc1-n1ccnn1. The van der Waals surface area contributed by atoms with Crippen molar-refractivity contribution in [1.82, 2.24) is 25.2 Å². The summed E-state index contributed by atoms with van der Waals surface area (Å²) >= 11 is 0. The van der Waals surface area contributed by atoms with Gasteiger partial charge in [0.1, 0.15) is 0 Å². The Balaban J connectivity index is 1.33. The van der Waals surface area contributed by atoms with E-state index in [-0.39, 0.29) is 11.9 Å². The molecule has 1 aromatic heterocycles. The Morgan fingerprint density at radius 3 is 2.81 bits per heavy atom. The normalized spacial score (nSPS) is 21.8. The predicted molar refractivity (Wildman–Crippen MR) is 97.2 cm³/mol. The molecule has 1 aromatic carbocycles. The molecule has 0 spiro atoms. The van der Waals surface area contributed by atoms with Crippen LogP contribution in [-0.4, -0.2) is 64.7 Å². The molecule has 1 unspecified atom stereocenters. The quantitative estimate of drug-likeness (QED) is 0.880. The fourth-order valence-corrected chi connectivity index (χ4v) is 3.82. The zero-order valence-corrected chi connectivity index (χ0v) is 14.9. The number of carbonyl (C=O) groups is 1. The Hall–Kier alpha value is -2.25. The summed E-state index contributed by atoms with van der Waals surface area (Å²) in [5, 5.41) is 11.0. The maximum atomic E-state index is 12.8. The summed E-state index contributed by atoms with van der Waals surface area (Å²) in [6, 6.07) is 7.72. The standard InChI is InChI=1S/C19H25N5O2/c25-19(17-3-1-2-4-18(17)24-11-8-20-22-24)21-16-5-9-23(10-6-16)13-15-7-12-26-14-15/h1-4,8,11,15-16H,5-7,9-10,12-14H2,(H,21,25). The highest BCUT2D eigenvalue weighted by Gasteiger charge is 2.25. The number of aromatic nitrogens is 3. The lowest BCUT2D eigenvalue weighted by atomic mass is 10.0. The van der Waals surface area contributed by atoms with Gasteiger partial charge in [0.25, 0.3) is 5.91 Å². The topological polar surface area (TPSA) is 72.3 Å². The van der Waals surface area contributed by atoms with Crippen LogP contribution in [0.2, 0.25) is 0 Å². The predicted octanol–water partition coefficient (Wildman–Crippen LogP) is 1.50. The molecule has 138 valence electrons. The molecule has 3 heterocycles. The van der Waals surface area contributed by atoms with E-state index in [0.29, 0.717) is 11.5 Å². The molecule has 26 heavy (non-hydrogen) atoms. The van der Waals surface area contributed by atoms with Crippen molar-refractivity contribution >= 4 is 5.91 Å². The number of rotatable bonds is 5. The highest BCUT2D eigenvalue weighted by molar-refractivity contribution is 5.97. The molecular formula is C19H25N5O2. The van der Waals surface area contributed by atoms with Crippen LogP contribution < -0.4 is 5.32 Å². The van der Waals surface area contributed by atoms with Crippen LogP contribution in [-0.2, 0) is 4.74 Å². The van der Waals surface area contributed by atoms with Gasteiger partial charge in [0, 0.05) is 32.3 Å². The van der Waals surface area contributed by atoms with Crippen molar-refractivity contribution in [3.63, 3.8) is 0 Å². The number of carbonyl (C=O) groups excluding carboxylic acids is 1. The summed E-state index contributed by atoms with van der Waals surface area (Å²) in [4.78, 5) is 15.3. The molecule has 2 aliphatic heterocycles. The lowest BCUT2D eigenvalue weighted by Gasteiger charge is -2.33. The Morgan fingerprint density at radius 1 is 1.23 bits per heavy atom. The van der Waals surface area contributed by atoms with Crippen LogP contribution in [0.1, 0.15) is 29.6 Å². The van der Waals surface area contributed by atoms with Crippen LogP contribution in [0.15, 0.2) is 36.7 Å². The van der Waals surface area contributed by atoms with E-state index in [2.05, 4.69) is 20.5 Å². The zero-order valence-electron chi connectivity index (χ0n) is 14.9. The van der Waals surface area contributed by atoms with Crippen LogP contribution in [0, 0.1) is 5.92 Å². The lowest BCUT2D eigenvalue weighted by molar-refractivity contribution is 0.0903. The number of nitrogens with one attached hydrogen (secondary N) is 1. The molecule has 1 N–H and O–H groups in total. The molecule has 0 bridgehead atoms. The average Bonchev–Trinajstić information content (AvgIpc) is 3.37. The van der Waals surface area contributed by atoms with E-state index in [4.69, 9.17) is 4.74 Å². The summed E-state index contributed by atoms with van der Waals surface area (Å²) in [5.74, 6) is 0.634. The lowest BCUT2D eigenvalue weighted by Crippen LogP contribution is -2.46. The molecule has 0 saturated carbocycles. The van der Waals surface area contributed by atoms with E-state index in [1.54, 1.807) is 17.1 Å². The molecule has 1 amide bonds. The van der Waals surface area contributed by atoms with Crippen molar-refractivity contribution in [3.8, 4) is 5.69 Å². The summed E-state index contributed by atoms with van der Waals surface area (Å²) in [5.41, 5.74) is 1.38. The van der Waals surface area contributed by atoms with E-state index in [1.807, 2.05) is 24.3 Å². The number of likely N-dealkylation sites (tertiary alicyclic amines) is 1. The number of hydrogen-bond donors (Lipinski definition) is 1. The minimum atomic E-state index is -0.0428. The molecule has 4 rings (SSSR count). The Morgan fingerprint density at radius 2 is 2.08 bits per heavy atom. The van der Waals surface area contributed by atoms with Gasteiger partial charge in [-0.3, -0.25) is 4.79 Å². The fourth-order valence-electron chi connectivity index (χ4n) is 3.82. The number of ether oxygens (including phenoxy) is 1. The molecule has 2 saturated heterocycles. The minimum absolute atomic E-state index is 0.0428. The van der Waals surface area contributed by atoms with Gasteiger partial charge >= 0.3 is 0 Å². The van der Waals surface area contributed by atoms with Crippen LogP contribution in [0.5, 0.6) is 0 Å². The first kappa shape index (κ1) is 17.2. The van der Waals surface area contributed by atoms with Gasteiger partial charge < -0.3 is 15.0 Å². The van der Waals surface area contributed by atoms with Gasteiger partial charge in [-0.2, -0.15) is 0 Å². The van der Waals surface area contributed by atoms with E-state index in [1.165, 1.54) is 6.42 Å². The number of benzene rings is 1. The monoisotopic (exact) mass is 355 g/mol. The second-order valence-corrected chi connectivity index (χ2v) is 7.14. The second kappa shape index (κ2) is 7.97. The Bertz CT molecular complexity index is 719. The Kier molecular flexibility index (Phi) is 5.26. The van der Waals surface area contributed by atoms with Crippen molar-refractivity contribution < 1.29 is 9.53 Å². The summed E-state index contributed by atoms with van der Waals surface area (Å²) in [6.07, 6.45) is 6.52. The van der Waals surface area contributed by atoms with Crippen LogP contribution in [0.3, 0.4) is 0 Å². The molecule has 2 aliphatic rings. The maximum Gasteiger partial charge on any atom is 0.253 e. The largest absolute Gasteiger partial charge is 0.381 e. The molecule has 7 heteroatoms. The summed E-state index contributed by atoms with van der Waals surface area (Å²) < 4.78 is 7.09. The second-order valence-electron chi connectivity index (χ2n) is 7.14. The van der Waals surface area contributed by atoms with Gasteiger partial charge in [-0.1, -0.05) is 17.3 Å². The molecule has 1 atom stereocenters. The van der Waals surface area contributed by atoms with E-state index in [0.717, 1.165) is 51.4 Å². The average molecular weight is 355 g/mol. The fraction of sp³-hybridized carbons (Fsp3) is 0.526. The van der Waals surface area contributed by atoms with Crippen molar-refractivity contribution in [2.45, 2.75) is 25.3 Å². The van der Waals surface area contributed by atoms with Crippen molar-refractivity contribution in [1.29, 1.82) is 0 Å². The van der Waals surface area contributed by atoms with Gasteiger partial charge in [-0.15, -0.1) is 5.10 Å². The molecule has 0 radical (unpaired) electrons. The molecular weight excluding hydrogens is 330 g/mol. The maximum absolute atomic E-state index is 12.8. The van der Waals surface area contributed by atoms with E-state index < -0.39 is 0 Å². The highest BCUT2D eigenvalue weighted by atomic mass is 16.5. The first-order valence-electron chi connectivity index (χ1n) is 9.36. The van der Waals surface area contributed by atoms with Crippen molar-refractivity contribution in [2.24, 2.45) is 5.92 Å². The van der Waals surface area contributed by atoms with Crippen LogP contribution in [0.4, 0.5) is 0 Å². The zero-order chi connectivity index (χ0) is 17.8. The number of amides is 1. The third kappa shape index (κ3) is 3.94. The molecule has 2 fully saturated rings. The third-order valence-corrected chi connectivity index (χ3v) is 5.28. The Labute approximate surface area is 153 Å². The first-order valence-corrected chi connectivity index (χ1v) is 9.36. The molecule has 0 aliphatic carbocycles. The van der Waals surface area contributed by atoms with Crippen LogP contribution >= 0.6 is 0 Å². The number of hydrogen-bond acceptors (Lipinski definition) is 5. The number of para-hydroxylation sites is 1. The highest BCUT2D eigenvalue weighted by Crippen LogP contribution is 2.19. The van der Waals surface area contributed by atoms with Crippen molar-refractivity contribution in [2.75, 3.05) is 32.8 Å². The van der Waals surface area contributed by atoms with Crippen LogP contribution in [0.25, 0.3) is 5.69 Å². The molecule has 2 aromatic rings.